The Labute approximate surface area is 157 Å². The van der Waals surface area contributed by atoms with Crippen molar-refractivity contribution in [2.75, 3.05) is 32.9 Å². The number of ether oxygens (including phenoxy) is 1. The van der Waals surface area contributed by atoms with Gasteiger partial charge in [-0.1, -0.05) is 29.3 Å². The summed E-state index contributed by atoms with van der Waals surface area (Å²) in [6, 6.07) is 9.63. The molecule has 134 valence electrons. The number of hydrogen-bond donors (Lipinski definition) is 3. The fraction of sp³-hybridized carbons (Fsp3) is 0.368. The number of aliphatic hydroxyl groups is 2. The maximum absolute atomic E-state index is 10.7. The van der Waals surface area contributed by atoms with E-state index in [0.29, 0.717) is 36.3 Å². The molecular weight excluding hydrogens is 361 g/mol. The van der Waals surface area contributed by atoms with E-state index >= 15 is 0 Å². The van der Waals surface area contributed by atoms with E-state index < -0.39 is 6.10 Å². The van der Waals surface area contributed by atoms with E-state index in [1.165, 1.54) is 0 Å². The van der Waals surface area contributed by atoms with Crippen LogP contribution in [0.4, 0.5) is 0 Å². The number of rotatable bonds is 8. The average Bonchev–Trinajstić information content (AvgIpc) is 2.93. The molecule has 0 aromatic heterocycles. The molecule has 4 nitrogen and oxygen atoms in total. The largest absolute Gasteiger partial charge is 0.394 e. The normalized spacial score (nSPS) is 13.6. The summed E-state index contributed by atoms with van der Waals surface area (Å²) in [5.41, 5.74) is 5.26. The Morgan fingerprint density at radius 1 is 1.08 bits per heavy atom. The lowest BCUT2D eigenvalue weighted by Gasteiger charge is -2.17. The number of nitrogens with one attached hydrogen (secondary N) is 1. The average molecular weight is 382 g/mol. The lowest BCUT2D eigenvalue weighted by atomic mass is 9.95. The quantitative estimate of drug-likeness (QED) is 0.524. The van der Waals surface area contributed by atoms with Gasteiger partial charge in [-0.3, -0.25) is 0 Å². The van der Waals surface area contributed by atoms with Gasteiger partial charge >= 0.3 is 0 Å². The minimum atomic E-state index is -0.674. The maximum atomic E-state index is 10.7. The second-order valence-corrected chi connectivity index (χ2v) is 6.94. The van der Waals surface area contributed by atoms with Gasteiger partial charge in [-0.15, -0.1) is 0 Å². The van der Waals surface area contributed by atoms with Gasteiger partial charge in [-0.25, -0.2) is 0 Å². The van der Waals surface area contributed by atoms with Crippen LogP contribution >= 0.6 is 23.2 Å². The van der Waals surface area contributed by atoms with Gasteiger partial charge in [0.2, 0.25) is 0 Å². The first kappa shape index (κ1) is 18.6. The lowest BCUT2D eigenvalue weighted by molar-refractivity contribution is 0.0910. The van der Waals surface area contributed by atoms with Gasteiger partial charge in [-0.2, -0.15) is 0 Å². The van der Waals surface area contributed by atoms with Crippen molar-refractivity contribution in [2.24, 2.45) is 0 Å². The maximum Gasteiger partial charge on any atom is 0.0921 e. The van der Waals surface area contributed by atoms with Crippen molar-refractivity contribution in [3.63, 3.8) is 0 Å². The van der Waals surface area contributed by atoms with E-state index in [9.17, 15) is 5.11 Å². The van der Waals surface area contributed by atoms with E-state index in [0.717, 1.165) is 34.2 Å². The smallest absolute Gasteiger partial charge is 0.0921 e. The third-order valence-corrected chi connectivity index (χ3v) is 4.74. The molecule has 0 heterocycles. The van der Waals surface area contributed by atoms with Gasteiger partial charge in [0.1, 0.15) is 0 Å². The van der Waals surface area contributed by atoms with Crippen LogP contribution in [0, 0.1) is 0 Å². The molecule has 2 aromatic carbocycles. The van der Waals surface area contributed by atoms with Crippen molar-refractivity contribution in [1.29, 1.82) is 0 Å². The second-order valence-electron chi connectivity index (χ2n) is 6.06. The van der Waals surface area contributed by atoms with Gasteiger partial charge in [0.05, 0.1) is 25.9 Å². The van der Waals surface area contributed by atoms with Crippen LogP contribution < -0.4 is 5.32 Å². The lowest BCUT2D eigenvalue weighted by Crippen LogP contribution is -2.26. The predicted molar refractivity (Wildman–Crippen MR) is 100 cm³/mol. The highest BCUT2D eigenvalue weighted by Crippen LogP contribution is 2.43. The minimum Gasteiger partial charge on any atom is -0.394 e. The van der Waals surface area contributed by atoms with E-state index in [4.69, 9.17) is 33.0 Å². The topological polar surface area (TPSA) is 61.7 Å². The molecule has 0 aliphatic heterocycles. The van der Waals surface area contributed by atoms with Crippen LogP contribution in [0.3, 0.4) is 0 Å². The first-order valence-electron chi connectivity index (χ1n) is 8.28. The zero-order valence-corrected chi connectivity index (χ0v) is 15.3. The van der Waals surface area contributed by atoms with Crippen molar-refractivity contribution in [3.8, 4) is 11.1 Å². The summed E-state index contributed by atoms with van der Waals surface area (Å²) in [5, 5.41) is 23.8. The summed E-state index contributed by atoms with van der Waals surface area (Å²) >= 11 is 12.4. The molecular formula is C19H21Cl2NO3. The van der Waals surface area contributed by atoms with Gasteiger partial charge < -0.3 is 20.3 Å². The van der Waals surface area contributed by atoms with Crippen molar-refractivity contribution in [1.82, 2.24) is 5.32 Å². The van der Waals surface area contributed by atoms with Crippen molar-refractivity contribution in [3.05, 3.63) is 57.1 Å². The van der Waals surface area contributed by atoms with Gasteiger partial charge in [0, 0.05) is 23.1 Å². The SMILES string of the molecule is OCCOCCNCC(O)c1cc(Cl)cc2c1-c1ccc(Cl)cc1C2. The molecule has 3 rings (SSSR count). The molecule has 2 aromatic rings. The Morgan fingerprint density at radius 2 is 1.88 bits per heavy atom. The summed E-state index contributed by atoms with van der Waals surface area (Å²) < 4.78 is 5.19. The molecule has 3 N–H and O–H groups in total. The monoisotopic (exact) mass is 381 g/mol. The molecule has 0 bridgehead atoms. The molecule has 25 heavy (non-hydrogen) atoms. The van der Waals surface area contributed by atoms with Crippen LogP contribution in [0.5, 0.6) is 0 Å². The first-order valence-corrected chi connectivity index (χ1v) is 9.04. The molecule has 0 saturated heterocycles. The number of hydrogen-bond acceptors (Lipinski definition) is 4. The van der Waals surface area contributed by atoms with Crippen LogP contribution in [-0.2, 0) is 11.2 Å². The molecule has 0 spiro atoms. The van der Waals surface area contributed by atoms with Crippen LogP contribution in [-0.4, -0.2) is 43.1 Å². The van der Waals surface area contributed by atoms with E-state index in [1.54, 1.807) is 0 Å². The molecule has 1 aliphatic rings. The van der Waals surface area contributed by atoms with Crippen LogP contribution in [0.15, 0.2) is 30.3 Å². The fourth-order valence-corrected chi connectivity index (χ4v) is 3.68. The van der Waals surface area contributed by atoms with E-state index in [-0.39, 0.29) is 6.61 Å². The van der Waals surface area contributed by atoms with Crippen molar-refractivity contribution < 1.29 is 14.9 Å². The summed E-state index contributed by atoms with van der Waals surface area (Å²) in [6.07, 6.45) is 0.0976. The second kappa shape index (κ2) is 8.49. The van der Waals surface area contributed by atoms with Gasteiger partial charge in [0.15, 0.2) is 0 Å². The van der Waals surface area contributed by atoms with E-state index in [1.807, 2.05) is 30.3 Å². The zero-order chi connectivity index (χ0) is 17.8. The Bertz CT molecular complexity index is 752. The summed E-state index contributed by atoms with van der Waals surface area (Å²) in [5.74, 6) is 0. The van der Waals surface area contributed by atoms with Crippen molar-refractivity contribution >= 4 is 23.2 Å². The molecule has 6 heteroatoms. The Balaban J connectivity index is 1.75. The number of benzene rings is 2. The predicted octanol–water partition coefficient (Wildman–Crippen LogP) is 3.20. The standard InChI is InChI=1S/C19H21Cl2NO3/c20-14-1-2-16-12(8-14)7-13-9-15(21)10-17(19(13)16)18(24)11-22-3-5-25-6-4-23/h1-2,8-10,18,22-24H,3-7,11H2. The highest BCUT2D eigenvalue weighted by Gasteiger charge is 2.25. The Hall–Kier alpha value is -1.14. The third kappa shape index (κ3) is 4.34. The van der Waals surface area contributed by atoms with Crippen molar-refractivity contribution in [2.45, 2.75) is 12.5 Å². The Morgan fingerprint density at radius 3 is 2.68 bits per heavy atom. The number of fused-ring (bicyclic) bond motifs is 3. The number of halogens is 2. The highest BCUT2D eigenvalue weighted by atomic mass is 35.5. The molecule has 0 radical (unpaired) electrons. The molecule has 1 aliphatic carbocycles. The van der Waals surface area contributed by atoms with Gasteiger partial charge in [-0.05, 0) is 58.5 Å². The number of aliphatic hydroxyl groups excluding tert-OH is 2. The van der Waals surface area contributed by atoms with Crippen LogP contribution in [0.1, 0.15) is 22.8 Å². The molecule has 0 saturated carbocycles. The minimum absolute atomic E-state index is 0.0146. The molecule has 0 fully saturated rings. The third-order valence-electron chi connectivity index (χ3n) is 4.29. The fourth-order valence-electron chi connectivity index (χ4n) is 3.23. The van der Waals surface area contributed by atoms with E-state index in [2.05, 4.69) is 5.32 Å². The molecule has 0 amide bonds. The highest BCUT2D eigenvalue weighted by molar-refractivity contribution is 6.31. The Kier molecular flexibility index (Phi) is 6.34. The first-order chi connectivity index (χ1) is 12.1. The summed E-state index contributed by atoms with van der Waals surface area (Å²) in [7, 11) is 0. The van der Waals surface area contributed by atoms with Gasteiger partial charge in [0.25, 0.3) is 0 Å². The molecule has 1 atom stereocenters. The molecule has 1 unspecified atom stereocenters. The van der Waals surface area contributed by atoms with Crippen LogP contribution in [0.2, 0.25) is 10.0 Å². The van der Waals surface area contributed by atoms with Crippen LogP contribution in [0.25, 0.3) is 11.1 Å². The summed E-state index contributed by atoms with van der Waals surface area (Å²) in [6.45, 7) is 1.83. The zero-order valence-electron chi connectivity index (χ0n) is 13.8. The summed E-state index contributed by atoms with van der Waals surface area (Å²) in [4.78, 5) is 0.